The molecule has 3 aromatic carbocycles. The van der Waals surface area contributed by atoms with Crippen LogP contribution in [0.5, 0.6) is 0 Å². The van der Waals surface area contributed by atoms with Gasteiger partial charge in [-0.1, -0.05) is 64.5 Å². The van der Waals surface area contributed by atoms with E-state index in [2.05, 4.69) is 21.2 Å². The normalized spacial score (nSPS) is 18.8. The van der Waals surface area contributed by atoms with Gasteiger partial charge in [-0.25, -0.2) is 4.79 Å². The second-order valence-corrected chi connectivity index (χ2v) is 7.78. The Morgan fingerprint density at radius 1 is 1.14 bits per heavy atom. The van der Waals surface area contributed by atoms with E-state index in [1.165, 1.54) is 4.90 Å². The Kier molecular flexibility index (Phi) is 5.25. The summed E-state index contributed by atoms with van der Waals surface area (Å²) in [5.41, 5.74) is 1.54. The van der Waals surface area contributed by atoms with Crippen LogP contribution in [-0.4, -0.2) is 29.4 Å². The molecule has 0 bridgehead atoms. The quantitative estimate of drug-likeness (QED) is 0.584. The molecule has 1 heterocycles. The number of carbonyl (C=O) groups excluding carboxylic acids is 2. The van der Waals surface area contributed by atoms with Gasteiger partial charge in [0.25, 0.3) is 11.7 Å². The van der Waals surface area contributed by atoms with Crippen LogP contribution in [0.15, 0.2) is 71.2 Å². The zero-order chi connectivity index (χ0) is 20.4. The number of benzene rings is 3. The Morgan fingerprint density at radius 2 is 1.90 bits per heavy atom. The van der Waals surface area contributed by atoms with Gasteiger partial charge in [0.1, 0.15) is 0 Å². The lowest BCUT2D eigenvalue weighted by atomic mass is 10.1. The van der Waals surface area contributed by atoms with Crippen molar-refractivity contribution in [3.8, 4) is 0 Å². The van der Waals surface area contributed by atoms with Gasteiger partial charge in [-0.2, -0.15) is 0 Å². The molecule has 3 aromatic rings. The molecule has 148 valence electrons. The molecule has 1 fully saturated rings. The van der Waals surface area contributed by atoms with Crippen molar-refractivity contribution >= 4 is 44.4 Å². The van der Waals surface area contributed by atoms with E-state index >= 15 is 0 Å². The highest BCUT2D eigenvalue weighted by Gasteiger charge is 2.49. The number of alkyl carbamates (subject to hydrolysis) is 1. The minimum Gasteiger partial charge on any atom is -0.407 e. The molecule has 2 amide bonds. The van der Waals surface area contributed by atoms with E-state index in [1.54, 1.807) is 0 Å². The van der Waals surface area contributed by atoms with E-state index in [9.17, 15) is 14.7 Å². The van der Waals surface area contributed by atoms with E-state index in [0.29, 0.717) is 5.69 Å². The zero-order valence-electron chi connectivity index (χ0n) is 15.5. The van der Waals surface area contributed by atoms with Crippen LogP contribution < -0.4 is 10.2 Å². The van der Waals surface area contributed by atoms with E-state index in [-0.39, 0.29) is 19.5 Å². The largest absolute Gasteiger partial charge is 0.410 e. The molecule has 29 heavy (non-hydrogen) atoms. The van der Waals surface area contributed by atoms with Gasteiger partial charge in [0.15, 0.2) is 0 Å². The molecule has 0 unspecified atom stereocenters. The third kappa shape index (κ3) is 3.97. The Bertz CT molecular complexity index is 1080. The maximum absolute atomic E-state index is 12.9. The van der Waals surface area contributed by atoms with E-state index in [0.717, 1.165) is 20.8 Å². The fourth-order valence-corrected chi connectivity index (χ4v) is 3.91. The van der Waals surface area contributed by atoms with Gasteiger partial charge in [0, 0.05) is 29.4 Å². The summed E-state index contributed by atoms with van der Waals surface area (Å²) in [7, 11) is 0. The van der Waals surface area contributed by atoms with Crippen LogP contribution in [0.1, 0.15) is 12.0 Å². The van der Waals surface area contributed by atoms with Crippen molar-refractivity contribution in [2.24, 2.45) is 0 Å². The number of halogens is 1. The first-order valence-corrected chi connectivity index (χ1v) is 9.99. The predicted octanol–water partition coefficient (Wildman–Crippen LogP) is 3.95. The van der Waals surface area contributed by atoms with Crippen molar-refractivity contribution in [1.82, 2.24) is 5.32 Å². The molecular weight excluding hydrogens is 436 g/mol. The number of carbonyl (C=O) groups is 2. The molecule has 1 saturated heterocycles. The standard InChI is InChI=1S/C22H19BrN2O4/c23-17-8-3-5-15(13-17)14-24-21(27)29-22(28)11-12-25(20(22)26)19-10-4-7-16-6-1-2-9-18(16)19/h1-10,13,28H,11-12,14H2,(H,24,27)/t22-/m1/s1. The molecule has 0 aromatic heterocycles. The fourth-order valence-electron chi connectivity index (χ4n) is 3.46. The first-order valence-electron chi connectivity index (χ1n) is 9.20. The van der Waals surface area contributed by atoms with Crippen LogP contribution in [0.3, 0.4) is 0 Å². The monoisotopic (exact) mass is 454 g/mol. The van der Waals surface area contributed by atoms with Crippen molar-refractivity contribution in [2.75, 3.05) is 11.4 Å². The van der Waals surface area contributed by atoms with Gasteiger partial charge < -0.3 is 20.1 Å². The summed E-state index contributed by atoms with van der Waals surface area (Å²) in [5, 5.41) is 15.1. The summed E-state index contributed by atoms with van der Waals surface area (Å²) in [6, 6.07) is 20.8. The van der Waals surface area contributed by atoms with Gasteiger partial charge in [-0.15, -0.1) is 0 Å². The molecule has 0 aliphatic carbocycles. The number of amides is 2. The smallest absolute Gasteiger partial charge is 0.407 e. The van der Waals surface area contributed by atoms with Crippen molar-refractivity contribution < 1.29 is 19.4 Å². The summed E-state index contributed by atoms with van der Waals surface area (Å²) >= 11 is 3.37. The van der Waals surface area contributed by atoms with Gasteiger partial charge >= 0.3 is 6.09 Å². The third-order valence-corrected chi connectivity index (χ3v) is 5.39. The molecular formula is C22H19BrN2O4. The summed E-state index contributed by atoms with van der Waals surface area (Å²) in [5.74, 6) is -2.83. The first-order chi connectivity index (χ1) is 14.0. The second kappa shape index (κ2) is 7.85. The number of hydrogen-bond donors (Lipinski definition) is 2. The van der Waals surface area contributed by atoms with Crippen LogP contribution in [0.25, 0.3) is 10.8 Å². The third-order valence-electron chi connectivity index (χ3n) is 4.90. The Balaban J connectivity index is 1.46. The molecule has 0 spiro atoms. The number of hydrogen-bond acceptors (Lipinski definition) is 4. The maximum Gasteiger partial charge on any atom is 0.410 e. The minimum absolute atomic E-state index is 0.000635. The number of fused-ring (bicyclic) bond motifs is 1. The van der Waals surface area contributed by atoms with Gasteiger partial charge in [0.2, 0.25) is 0 Å². The molecule has 4 rings (SSSR count). The molecule has 1 aliphatic heterocycles. The molecule has 2 N–H and O–H groups in total. The van der Waals surface area contributed by atoms with Crippen LogP contribution in [0, 0.1) is 0 Å². The van der Waals surface area contributed by atoms with Crippen LogP contribution in [0.2, 0.25) is 0 Å². The lowest BCUT2D eigenvalue weighted by molar-refractivity contribution is -0.175. The first kappa shape index (κ1) is 19.4. The van der Waals surface area contributed by atoms with E-state index < -0.39 is 17.8 Å². The van der Waals surface area contributed by atoms with Crippen molar-refractivity contribution in [3.63, 3.8) is 0 Å². The second-order valence-electron chi connectivity index (χ2n) is 6.86. The highest BCUT2D eigenvalue weighted by Crippen LogP contribution is 2.34. The van der Waals surface area contributed by atoms with Crippen molar-refractivity contribution in [1.29, 1.82) is 0 Å². The van der Waals surface area contributed by atoms with Crippen LogP contribution in [-0.2, 0) is 16.1 Å². The predicted molar refractivity (Wildman–Crippen MR) is 113 cm³/mol. The Morgan fingerprint density at radius 3 is 2.72 bits per heavy atom. The molecule has 7 heteroatoms. The fraction of sp³-hybridized carbons (Fsp3) is 0.182. The lowest BCUT2D eigenvalue weighted by Gasteiger charge is -2.23. The minimum atomic E-state index is -2.18. The average molecular weight is 455 g/mol. The average Bonchev–Trinajstić information content (AvgIpc) is 3.00. The summed E-state index contributed by atoms with van der Waals surface area (Å²) in [6.45, 7) is 0.470. The number of aliphatic hydroxyl groups is 1. The van der Waals surface area contributed by atoms with E-state index in [1.807, 2.05) is 66.7 Å². The number of ether oxygens (including phenoxy) is 1. The summed E-state index contributed by atoms with van der Waals surface area (Å²) in [6.07, 6.45) is -0.847. The number of anilines is 1. The summed E-state index contributed by atoms with van der Waals surface area (Å²) in [4.78, 5) is 26.5. The SMILES string of the molecule is O=C(NCc1cccc(Br)c1)O[C@]1(O)CCN(c2cccc3ccccc23)C1=O. The van der Waals surface area contributed by atoms with Crippen molar-refractivity contribution in [2.45, 2.75) is 18.8 Å². The maximum atomic E-state index is 12.9. The molecule has 6 nitrogen and oxygen atoms in total. The van der Waals surface area contributed by atoms with Gasteiger partial charge in [-0.05, 0) is 29.1 Å². The van der Waals surface area contributed by atoms with Crippen LogP contribution in [0.4, 0.5) is 10.5 Å². The summed E-state index contributed by atoms with van der Waals surface area (Å²) < 4.78 is 6.02. The molecule has 1 atom stereocenters. The molecule has 0 radical (unpaired) electrons. The Labute approximate surface area is 176 Å². The van der Waals surface area contributed by atoms with Gasteiger partial charge in [0.05, 0.1) is 5.69 Å². The molecule has 1 aliphatic rings. The number of rotatable bonds is 4. The van der Waals surface area contributed by atoms with Crippen LogP contribution >= 0.6 is 15.9 Å². The molecule has 0 saturated carbocycles. The zero-order valence-corrected chi connectivity index (χ0v) is 17.1. The van der Waals surface area contributed by atoms with E-state index in [4.69, 9.17) is 4.74 Å². The number of nitrogens with one attached hydrogen (secondary N) is 1. The number of nitrogens with zero attached hydrogens (tertiary/aromatic N) is 1. The highest BCUT2D eigenvalue weighted by atomic mass is 79.9. The lowest BCUT2D eigenvalue weighted by Crippen LogP contribution is -2.46. The van der Waals surface area contributed by atoms with Gasteiger partial charge in [-0.3, -0.25) is 4.79 Å². The highest BCUT2D eigenvalue weighted by molar-refractivity contribution is 9.10. The Hall–Kier alpha value is -2.90. The van der Waals surface area contributed by atoms with Crippen molar-refractivity contribution in [3.05, 3.63) is 76.8 Å². The topological polar surface area (TPSA) is 78.9 Å².